The van der Waals surface area contributed by atoms with Crippen molar-refractivity contribution >= 4 is 43.7 Å². The summed E-state index contributed by atoms with van der Waals surface area (Å²) in [6, 6.07) is 9.28. The quantitative estimate of drug-likeness (QED) is 0.633. The average molecular weight is 340 g/mol. The Morgan fingerprint density at radius 1 is 1.29 bits per heavy atom. The first-order valence-electron chi connectivity index (χ1n) is 6.82. The summed E-state index contributed by atoms with van der Waals surface area (Å²) in [4.78, 5) is 1.23. The molecular formula is C16H15ClFNS2. The van der Waals surface area contributed by atoms with Gasteiger partial charge in [-0.05, 0) is 42.6 Å². The molecule has 0 spiro atoms. The van der Waals surface area contributed by atoms with Gasteiger partial charge in [0, 0.05) is 30.9 Å². The minimum Gasteiger partial charge on any atom is -0.309 e. The van der Waals surface area contributed by atoms with Gasteiger partial charge in [0.05, 0.1) is 0 Å². The fourth-order valence-electron chi connectivity index (χ4n) is 2.41. The molecule has 21 heavy (non-hydrogen) atoms. The third-order valence-corrected chi connectivity index (χ3v) is 5.98. The summed E-state index contributed by atoms with van der Waals surface area (Å²) >= 11 is 9.66. The molecular weight excluding hydrogens is 325 g/mol. The van der Waals surface area contributed by atoms with Crippen LogP contribution in [0.15, 0.2) is 35.7 Å². The molecule has 2 heterocycles. The summed E-state index contributed by atoms with van der Waals surface area (Å²) in [6.45, 7) is 2.90. The average Bonchev–Trinajstić information content (AvgIpc) is 3.03. The van der Waals surface area contributed by atoms with Crippen molar-refractivity contribution in [3.05, 3.63) is 57.0 Å². The Morgan fingerprint density at radius 2 is 2.14 bits per heavy atom. The van der Waals surface area contributed by atoms with Crippen molar-refractivity contribution < 1.29 is 4.39 Å². The van der Waals surface area contributed by atoms with E-state index in [1.54, 1.807) is 34.8 Å². The lowest BCUT2D eigenvalue weighted by molar-refractivity contribution is 0.534. The summed E-state index contributed by atoms with van der Waals surface area (Å²) in [6.07, 6.45) is 0.563. The monoisotopic (exact) mass is 339 g/mol. The van der Waals surface area contributed by atoms with Crippen LogP contribution in [0.4, 0.5) is 4.39 Å². The first kappa shape index (κ1) is 15.0. The van der Waals surface area contributed by atoms with E-state index in [0.29, 0.717) is 17.0 Å². The maximum Gasteiger partial charge on any atom is 0.127 e. The molecule has 1 nitrogen and oxygen atoms in total. The summed E-state index contributed by atoms with van der Waals surface area (Å²) in [7, 11) is 0. The number of likely N-dealkylation sites (N-methyl/N-ethyl adjacent to an activating group) is 1. The number of hydrogen-bond donors (Lipinski definition) is 1. The molecule has 3 rings (SSSR count). The Labute approximate surface area is 136 Å². The topological polar surface area (TPSA) is 12.0 Å². The minimum atomic E-state index is -0.233. The Kier molecular flexibility index (Phi) is 4.60. The highest BCUT2D eigenvalue weighted by Crippen LogP contribution is 2.35. The third kappa shape index (κ3) is 3.14. The summed E-state index contributed by atoms with van der Waals surface area (Å²) in [5.74, 6) is -0.233. The molecule has 0 saturated carbocycles. The Bertz CT molecular complexity index is 701. The normalized spacial score (nSPS) is 12.9. The number of halogens is 2. The SMILES string of the molecule is CCNC(Cc1c(F)cccc1Cl)c1cc2sccc2s1. The Morgan fingerprint density at radius 3 is 2.86 bits per heavy atom. The molecule has 1 unspecified atom stereocenters. The summed E-state index contributed by atoms with van der Waals surface area (Å²) in [5, 5.41) is 6.04. The fourth-order valence-corrected chi connectivity index (χ4v) is 4.84. The van der Waals surface area contributed by atoms with Gasteiger partial charge in [-0.25, -0.2) is 4.39 Å². The van der Waals surface area contributed by atoms with Crippen LogP contribution in [-0.4, -0.2) is 6.54 Å². The van der Waals surface area contributed by atoms with Crippen LogP contribution in [0.2, 0.25) is 5.02 Å². The van der Waals surface area contributed by atoms with E-state index in [1.807, 2.05) is 0 Å². The van der Waals surface area contributed by atoms with Crippen molar-refractivity contribution in [2.75, 3.05) is 6.54 Å². The van der Waals surface area contributed by atoms with Gasteiger partial charge in [-0.1, -0.05) is 24.6 Å². The number of benzene rings is 1. The van der Waals surface area contributed by atoms with Crippen molar-refractivity contribution in [3.8, 4) is 0 Å². The largest absolute Gasteiger partial charge is 0.309 e. The van der Waals surface area contributed by atoms with Crippen LogP contribution >= 0.6 is 34.3 Å². The van der Waals surface area contributed by atoms with Crippen molar-refractivity contribution in [2.24, 2.45) is 0 Å². The maximum atomic E-state index is 14.0. The molecule has 0 saturated heterocycles. The van der Waals surface area contributed by atoms with E-state index in [2.05, 4.69) is 29.8 Å². The third-order valence-electron chi connectivity index (χ3n) is 3.42. The predicted molar refractivity (Wildman–Crippen MR) is 91.2 cm³/mol. The lowest BCUT2D eigenvalue weighted by atomic mass is 10.0. The van der Waals surface area contributed by atoms with E-state index in [-0.39, 0.29) is 11.9 Å². The molecule has 1 atom stereocenters. The zero-order valence-electron chi connectivity index (χ0n) is 11.5. The van der Waals surface area contributed by atoms with E-state index < -0.39 is 0 Å². The summed E-state index contributed by atoms with van der Waals surface area (Å²) in [5.41, 5.74) is 0.585. The van der Waals surface area contributed by atoms with Gasteiger partial charge in [0.1, 0.15) is 5.82 Å². The zero-order valence-corrected chi connectivity index (χ0v) is 13.9. The first-order chi connectivity index (χ1) is 10.2. The van der Waals surface area contributed by atoms with Crippen LogP contribution in [0.3, 0.4) is 0 Å². The lowest BCUT2D eigenvalue weighted by Crippen LogP contribution is -2.22. The van der Waals surface area contributed by atoms with Gasteiger partial charge in [-0.3, -0.25) is 0 Å². The highest BCUT2D eigenvalue weighted by molar-refractivity contribution is 7.26. The second-order valence-electron chi connectivity index (χ2n) is 4.81. The predicted octanol–water partition coefficient (Wildman–Crippen LogP) is 5.65. The van der Waals surface area contributed by atoms with Crippen molar-refractivity contribution in [3.63, 3.8) is 0 Å². The number of hydrogen-bond acceptors (Lipinski definition) is 3. The highest BCUT2D eigenvalue weighted by Gasteiger charge is 2.18. The van der Waals surface area contributed by atoms with Crippen molar-refractivity contribution in [1.29, 1.82) is 0 Å². The van der Waals surface area contributed by atoms with Crippen LogP contribution in [-0.2, 0) is 6.42 Å². The second kappa shape index (κ2) is 6.44. The van der Waals surface area contributed by atoms with E-state index in [1.165, 1.54) is 20.3 Å². The second-order valence-corrected chi connectivity index (χ2v) is 7.28. The van der Waals surface area contributed by atoms with Crippen molar-refractivity contribution in [1.82, 2.24) is 5.32 Å². The smallest absolute Gasteiger partial charge is 0.127 e. The molecule has 0 radical (unpaired) electrons. The van der Waals surface area contributed by atoms with E-state index >= 15 is 0 Å². The molecule has 110 valence electrons. The zero-order chi connectivity index (χ0) is 14.8. The molecule has 1 aromatic carbocycles. The van der Waals surface area contributed by atoms with E-state index in [0.717, 1.165) is 6.54 Å². The van der Waals surface area contributed by atoms with Crippen LogP contribution < -0.4 is 5.32 Å². The molecule has 0 amide bonds. The molecule has 5 heteroatoms. The molecule has 0 aliphatic carbocycles. The molecule has 0 bridgehead atoms. The Balaban J connectivity index is 1.93. The van der Waals surface area contributed by atoms with Gasteiger partial charge >= 0.3 is 0 Å². The van der Waals surface area contributed by atoms with Gasteiger partial charge in [0.15, 0.2) is 0 Å². The maximum absolute atomic E-state index is 14.0. The molecule has 3 aromatic rings. The first-order valence-corrected chi connectivity index (χ1v) is 8.89. The van der Waals surface area contributed by atoms with Crippen LogP contribution in [0.5, 0.6) is 0 Å². The number of thiophene rings is 2. The van der Waals surface area contributed by atoms with Crippen LogP contribution in [0, 0.1) is 5.82 Å². The van der Waals surface area contributed by atoms with Gasteiger partial charge in [-0.15, -0.1) is 22.7 Å². The van der Waals surface area contributed by atoms with E-state index in [9.17, 15) is 4.39 Å². The molecule has 2 aromatic heterocycles. The number of fused-ring (bicyclic) bond motifs is 1. The van der Waals surface area contributed by atoms with Gasteiger partial charge in [0.25, 0.3) is 0 Å². The van der Waals surface area contributed by atoms with E-state index in [4.69, 9.17) is 11.6 Å². The fraction of sp³-hybridized carbons (Fsp3) is 0.250. The molecule has 1 N–H and O–H groups in total. The Hall–Kier alpha value is -0.940. The molecule has 0 aliphatic heterocycles. The lowest BCUT2D eigenvalue weighted by Gasteiger charge is -2.17. The standard InChI is InChI=1S/C16H15ClFNS2/c1-2-19-13(8-10-11(17)4-3-5-12(10)18)15-9-16-14(21-15)6-7-20-16/h3-7,9,13,19H,2,8H2,1H3. The van der Waals surface area contributed by atoms with Crippen LogP contribution in [0.1, 0.15) is 23.4 Å². The molecule has 0 aliphatic rings. The van der Waals surface area contributed by atoms with Crippen LogP contribution in [0.25, 0.3) is 9.40 Å². The summed E-state index contributed by atoms with van der Waals surface area (Å²) < 4.78 is 16.6. The van der Waals surface area contributed by atoms with Gasteiger partial charge < -0.3 is 5.32 Å². The van der Waals surface area contributed by atoms with Gasteiger partial charge in [0.2, 0.25) is 0 Å². The van der Waals surface area contributed by atoms with Gasteiger partial charge in [-0.2, -0.15) is 0 Å². The van der Waals surface area contributed by atoms with Crippen molar-refractivity contribution in [2.45, 2.75) is 19.4 Å². The molecule has 0 fully saturated rings. The minimum absolute atomic E-state index is 0.0917. The highest BCUT2D eigenvalue weighted by atomic mass is 35.5. The number of nitrogens with one attached hydrogen (secondary N) is 1. The number of rotatable bonds is 5.